The Morgan fingerprint density at radius 2 is 1.84 bits per heavy atom. The molecule has 0 aromatic heterocycles. The number of aliphatic carboxylic acids is 1. The second-order valence-corrected chi connectivity index (χ2v) is 4.72. The van der Waals surface area contributed by atoms with Crippen molar-refractivity contribution in [3.63, 3.8) is 0 Å². The summed E-state index contributed by atoms with van der Waals surface area (Å²) >= 11 is 0. The molecule has 108 valence electrons. The lowest BCUT2D eigenvalue weighted by Gasteiger charge is -2.31. The number of hydrogen-bond acceptors (Lipinski definition) is 4. The molecule has 8 heteroatoms. The summed E-state index contributed by atoms with van der Waals surface area (Å²) in [6.07, 6.45) is 3.56. The summed E-state index contributed by atoms with van der Waals surface area (Å²) < 4.78 is 0. The van der Waals surface area contributed by atoms with Crippen LogP contribution in [0.15, 0.2) is 0 Å². The highest BCUT2D eigenvalue weighted by Crippen LogP contribution is 2.17. The van der Waals surface area contributed by atoms with Crippen molar-refractivity contribution in [2.75, 3.05) is 13.1 Å². The quantitative estimate of drug-likeness (QED) is 0.500. The van der Waals surface area contributed by atoms with Gasteiger partial charge in [0.25, 0.3) is 0 Å². The van der Waals surface area contributed by atoms with Crippen molar-refractivity contribution in [2.45, 2.75) is 37.8 Å². The summed E-state index contributed by atoms with van der Waals surface area (Å²) in [6, 6.07) is -0.952. The van der Waals surface area contributed by atoms with E-state index in [0.29, 0.717) is 0 Å². The van der Waals surface area contributed by atoms with Crippen molar-refractivity contribution >= 4 is 17.9 Å². The Balaban J connectivity index is 2.59. The van der Waals surface area contributed by atoms with E-state index in [9.17, 15) is 14.4 Å². The van der Waals surface area contributed by atoms with Gasteiger partial charge >= 0.3 is 12.0 Å². The minimum Gasteiger partial charge on any atom is -0.480 e. The number of primary amides is 1. The van der Waals surface area contributed by atoms with Crippen LogP contribution in [0.2, 0.25) is 0 Å². The fourth-order valence-electron chi connectivity index (χ4n) is 2.14. The van der Waals surface area contributed by atoms with Crippen molar-refractivity contribution in [3.05, 3.63) is 0 Å². The van der Waals surface area contributed by atoms with Gasteiger partial charge in [0.15, 0.2) is 0 Å². The van der Waals surface area contributed by atoms with Crippen LogP contribution in [0.5, 0.6) is 0 Å². The van der Waals surface area contributed by atoms with E-state index >= 15 is 0 Å². The maximum absolute atomic E-state index is 11.9. The molecule has 1 fully saturated rings. The van der Waals surface area contributed by atoms with Gasteiger partial charge in [0, 0.05) is 12.1 Å². The molecule has 0 bridgehead atoms. The number of carboxylic acid groups (broad SMARTS) is 1. The van der Waals surface area contributed by atoms with Gasteiger partial charge in [0.2, 0.25) is 5.91 Å². The van der Waals surface area contributed by atoms with E-state index in [1.54, 1.807) is 0 Å². The van der Waals surface area contributed by atoms with E-state index in [1.165, 1.54) is 0 Å². The average Bonchev–Trinajstić information content (AvgIpc) is 2.30. The number of nitrogens with two attached hydrogens (primary N) is 2. The standard InChI is InChI=1S/C11H20N4O4/c12-7-3-1-2-4-8(7)14-11(19)15(5-9(13)16)6-10(17)18/h7-8H,1-6,12H2,(H2,13,16)(H,14,19)(H,17,18). The van der Waals surface area contributed by atoms with Gasteiger partial charge < -0.3 is 26.8 Å². The summed E-state index contributed by atoms with van der Waals surface area (Å²) in [5, 5.41) is 11.4. The second-order valence-electron chi connectivity index (χ2n) is 4.72. The number of urea groups is 1. The minimum atomic E-state index is -1.20. The number of carboxylic acids is 1. The third-order valence-electron chi connectivity index (χ3n) is 3.09. The predicted octanol–water partition coefficient (Wildman–Crippen LogP) is -1.16. The summed E-state index contributed by atoms with van der Waals surface area (Å²) in [4.78, 5) is 34.3. The van der Waals surface area contributed by atoms with Gasteiger partial charge in [-0.05, 0) is 12.8 Å². The smallest absolute Gasteiger partial charge is 0.323 e. The zero-order valence-corrected chi connectivity index (χ0v) is 10.7. The molecular formula is C11H20N4O4. The summed E-state index contributed by atoms with van der Waals surface area (Å²) in [5.74, 6) is -1.96. The Morgan fingerprint density at radius 3 is 2.37 bits per heavy atom. The lowest BCUT2D eigenvalue weighted by atomic mass is 9.91. The molecule has 0 heterocycles. The molecule has 0 aromatic carbocycles. The maximum atomic E-state index is 11.9. The normalized spacial score (nSPS) is 22.6. The molecule has 0 saturated heterocycles. The molecule has 19 heavy (non-hydrogen) atoms. The molecule has 0 aromatic rings. The second kappa shape index (κ2) is 6.93. The van der Waals surface area contributed by atoms with Crippen LogP contribution in [0.4, 0.5) is 4.79 Å². The monoisotopic (exact) mass is 272 g/mol. The van der Waals surface area contributed by atoms with Gasteiger partial charge in [-0.3, -0.25) is 9.59 Å². The van der Waals surface area contributed by atoms with E-state index < -0.39 is 31.0 Å². The molecule has 1 saturated carbocycles. The highest BCUT2D eigenvalue weighted by atomic mass is 16.4. The van der Waals surface area contributed by atoms with Crippen LogP contribution in [-0.2, 0) is 9.59 Å². The molecule has 1 aliphatic rings. The summed E-state index contributed by atoms with van der Waals surface area (Å²) in [5.41, 5.74) is 10.9. The van der Waals surface area contributed by atoms with E-state index in [4.69, 9.17) is 16.6 Å². The lowest BCUT2D eigenvalue weighted by molar-refractivity contribution is -0.137. The van der Waals surface area contributed by atoms with Gasteiger partial charge in [0.1, 0.15) is 13.1 Å². The van der Waals surface area contributed by atoms with Crippen LogP contribution in [0.1, 0.15) is 25.7 Å². The van der Waals surface area contributed by atoms with E-state index in [1.807, 2.05) is 0 Å². The third kappa shape index (κ3) is 5.12. The molecule has 1 aliphatic carbocycles. The molecule has 2 unspecified atom stereocenters. The van der Waals surface area contributed by atoms with Crippen LogP contribution in [0.3, 0.4) is 0 Å². The third-order valence-corrected chi connectivity index (χ3v) is 3.09. The van der Waals surface area contributed by atoms with Crippen LogP contribution in [0, 0.1) is 0 Å². The Kier molecular flexibility index (Phi) is 5.56. The van der Waals surface area contributed by atoms with Gasteiger partial charge in [-0.25, -0.2) is 4.79 Å². The molecule has 3 amide bonds. The lowest BCUT2D eigenvalue weighted by Crippen LogP contribution is -2.55. The maximum Gasteiger partial charge on any atom is 0.323 e. The van der Waals surface area contributed by atoms with Crippen LogP contribution < -0.4 is 16.8 Å². The Labute approximate surface area is 111 Å². The van der Waals surface area contributed by atoms with Gasteiger partial charge in [-0.15, -0.1) is 0 Å². The number of rotatable bonds is 5. The first-order valence-electron chi connectivity index (χ1n) is 6.21. The van der Waals surface area contributed by atoms with Crippen molar-refractivity contribution in [1.29, 1.82) is 0 Å². The molecule has 0 radical (unpaired) electrons. The first-order valence-corrected chi connectivity index (χ1v) is 6.21. The zero-order chi connectivity index (χ0) is 14.4. The van der Waals surface area contributed by atoms with Gasteiger partial charge in [-0.2, -0.15) is 0 Å². The number of carbonyl (C=O) groups excluding carboxylic acids is 2. The van der Waals surface area contributed by atoms with Crippen molar-refractivity contribution in [1.82, 2.24) is 10.2 Å². The van der Waals surface area contributed by atoms with Crippen molar-refractivity contribution < 1.29 is 19.5 Å². The van der Waals surface area contributed by atoms with Gasteiger partial charge in [-0.1, -0.05) is 12.8 Å². The van der Waals surface area contributed by atoms with E-state index in [2.05, 4.69) is 5.32 Å². The topological polar surface area (TPSA) is 139 Å². The highest BCUT2D eigenvalue weighted by molar-refractivity contribution is 5.86. The first kappa shape index (κ1) is 15.2. The van der Waals surface area contributed by atoms with Gasteiger partial charge in [0.05, 0.1) is 0 Å². The number of carbonyl (C=O) groups is 3. The molecular weight excluding hydrogens is 252 g/mol. The first-order chi connectivity index (χ1) is 8.90. The molecule has 1 rings (SSSR count). The Hall–Kier alpha value is -1.83. The van der Waals surface area contributed by atoms with Crippen molar-refractivity contribution in [2.24, 2.45) is 11.5 Å². The van der Waals surface area contributed by atoms with Crippen LogP contribution in [0.25, 0.3) is 0 Å². The predicted molar refractivity (Wildman–Crippen MR) is 67.2 cm³/mol. The summed E-state index contributed by atoms with van der Waals surface area (Å²) in [6.45, 7) is -1.00. The van der Waals surface area contributed by atoms with E-state index in [-0.39, 0.29) is 12.1 Å². The Bertz CT molecular complexity index is 345. The minimum absolute atomic E-state index is 0.141. The van der Waals surface area contributed by atoms with Crippen LogP contribution in [-0.4, -0.2) is 53.1 Å². The SMILES string of the molecule is NC(=O)CN(CC(=O)O)C(=O)NC1CCCCC1N. The van der Waals surface area contributed by atoms with Crippen LogP contribution >= 0.6 is 0 Å². The Morgan fingerprint density at radius 1 is 1.21 bits per heavy atom. The fourth-order valence-corrected chi connectivity index (χ4v) is 2.14. The number of amides is 3. The molecule has 0 spiro atoms. The number of hydrogen-bond donors (Lipinski definition) is 4. The number of nitrogens with one attached hydrogen (secondary N) is 1. The molecule has 6 N–H and O–H groups in total. The average molecular weight is 272 g/mol. The highest BCUT2D eigenvalue weighted by Gasteiger charge is 2.26. The van der Waals surface area contributed by atoms with E-state index in [0.717, 1.165) is 30.6 Å². The van der Waals surface area contributed by atoms with Crippen molar-refractivity contribution in [3.8, 4) is 0 Å². The number of nitrogens with zero attached hydrogens (tertiary/aromatic N) is 1. The fraction of sp³-hybridized carbons (Fsp3) is 0.727. The molecule has 2 atom stereocenters. The summed E-state index contributed by atoms with van der Waals surface area (Å²) in [7, 11) is 0. The molecule has 0 aliphatic heterocycles. The zero-order valence-electron chi connectivity index (χ0n) is 10.7. The largest absolute Gasteiger partial charge is 0.480 e. The molecule has 8 nitrogen and oxygen atoms in total.